The van der Waals surface area contributed by atoms with E-state index in [-0.39, 0.29) is 6.61 Å². The number of aliphatic hydroxyl groups is 1. The Labute approximate surface area is 123 Å². The van der Waals surface area contributed by atoms with Gasteiger partial charge >= 0.3 is 0 Å². The van der Waals surface area contributed by atoms with Gasteiger partial charge in [0.25, 0.3) is 0 Å². The zero-order valence-corrected chi connectivity index (χ0v) is 14.5. The summed E-state index contributed by atoms with van der Waals surface area (Å²) in [6, 6.07) is 0. The molecule has 0 aromatic heterocycles. The van der Waals surface area contributed by atoms with Crippen molar-refractivity contribution in [3.8, 4) is 0 Å². The fourth-order valence-corrected chi connectivity index (χ4v) is 3.42. The molecule has 0 radical (unpaired) electrons. The SMILES string of the molecule is CCCCP(=O)(CCCC)OO[O-].C[N+](C)(C)CCO. The van der Waals surface area contributed by atoms with Gasteiger partial charge in [-0.15, -0.1) is 0 Å². The molecule has 20 heavy (non-hydrogen) atoms. The van der Waals surface area contributed by atoms with Crippen molar-refractivity contribution in [3.63, 3.8) is 0 Å². The first-order chi connectivity index (χ1) is 9.24. The van der Waals surface area contributed by atoms with Crippen LogP contribution in [0.15, 0.2) is 0 Å². The molecule has 0 aromatic carbocycles. The lowest BCUT2D eigenvalue weighted by molar-refractivity contribution is -0.870. The van der Waals surface area contributed by atoms with Gasteiger partial charge in [0.2, 0.25) is 7.37 Å². The molecule has 124 valence electrons. The Morgan fingerprint density at radius 2 is 1.55 bits per heavy atom. The monoisotopic (exact) mass is 313 g/mol. The Hall–Kier alpha value is 0.0300. The van der Waals surface area contributed by atoms with Crippen LogP contribution in [0.2, 0.25) is 0 Å². The zero-order valence-electron chi connectivity index (χ0n) is 13.6. The predicted molar refractivity (Wildman–Crippen MR) is 79.3 cm³/mol. The molecular formula is C13H32NO5P. The molecule has 0 aliphatic carbocycles. The van der Waals surface area contributed by atoms with Crippen LogP contribution in [0.25, 0.3) is 0 Å². The number of unbranched alkanes of at least 4 members (excludes halogenated alkanes) is 2. The molecule has 0 bridgehead atoms. The van der Waals surface area contributed by atoms with Crippen molar-refractivity contribution in [2.75, 3.05) is 46.6 Å². The average molecular weight is 313 g/mol. The molecular weight excluding hydrogens is 281 g/mol. The molecule has 0 saturated carbocycles. The normalized spacial score (nSPS) is 11.9. The predicted octanol–water partition coefficient (Wildman–Crippen LogP) is 1.77. The molecule has 0 amide bonds. The minimum atomic E-state index is -2.79. The number of hydrogen-bond donors (Lipinski definition) is 1. The fourth-order valence-electron chi connectivity index (χ4n) is 1.34. The Balaban J connectivity index is 0. The van der Waals surface area contributed by atoms with Crippen LogP contribution in [0.3, 0.4) is 0 Å². The van der Waals surface area contributed by atoms with Crippen LogP contribution < -0.4 is 5.26 Å². The van der Waals surface area contributed by atoms with Crippen molar-refractivity contribution in [2.45, 2.75) is 39.5 Å². The first kappa shape index (κ1) is 22.3. The first-order valence-electron chi connectivity index (χ1n) is 7.22. The summed E-state index contributed by atoms with van der Waals surface area (Å²) in [5.41, 5.74) is 0. The average Bonchev–Trinajstić information content (AvgIpc) is 2.34. The summed E-state index contributed by atoms with van der Waals surface area (Å²) in [5, 5.41) is 21.5. The van der Waals surface area contributed by atoms with Crippen LogP contribution >= 0.6 is 7.37 Å². The van der Waals surface area contributed by atoms with Crippen LogP contribution in [0.1, 0.15) is 39.5 Å². The summed E-state index contributed by atoms with van der Waals surface area (Å²) in [6.07, 6.45) is 4.41. The zero-order chi connectivity index (χ0) is 16.1. The van der Waals surface area contributed by atoms with E-state index in [4.69, 9.17) is 5.11 Å². The molecule has 0 rings (SSSR count). The number of rotatable bonds is 10. The van der Waals surface area contributed by atoms with Gasteiger partial charge < -0.3 is 14.8 Å². The minimum absolute atomic E-state index is 0.281. The third-order valence-electron chi connectivity index (χ3n) is 2.64. The van der Waals surface area contributed by atoms with Crippen LogP contribution in [0.4, 0.5) is 0 Å². The Bertz CT molecular complexity index is 244. The highest BCUT2D eigenvalue weighted by atomic mass is 31.2. The summed E-state index contributed by atoms with van der Waals surface area (Å²) in [6.45, 7) is 5.12. The molecule has 0 unspecified atom stereocenters. The lowest BCUT2D eigenvalue weighted by Gasteiger charge is -2.21. The first-order valence-corrected chi connectivity index (χ1v) is 9.21. The molecule has 0 fully saturated rings. The van der Waals surface area contributed by atoms with E-state index in [9.17, 15) is 9.82 Å². The second kappa shape index (κ2) is 12.7. The molecule has 0 aliphatic heterocycles. The summed E-state index contributed by atoms with van der Waals surface area (Å²) in [5.74, 6) is 0. The molecule has 0 aliphatic rings. The summed E-state index contributed by atoms with van der Waals surface area (Å²) >= 11 is 0. The fraction of sp³-hybridized carbons (Fsp3) is 1.00. The second-order valence-corrected chi connectivity index (χ2v) is 8.52. The van der Waals surface area contributed by atoms with E-state index in [0.29, 0.717) is 12.3 Å². The highest BCUT2D eigenvalue weighted by Crippen LogP contribution is 2.48. The summed E-state index contributed by atoms with van der Waals surface area (Å²) < 4.78 is 17.0. The summed E-state index contributed by atoms with van der Waals surface area (Å²) in [7, 11) is 3.37. The molecule has 0 spiro atoms. The molecule has 0 saturated heterocycles. The smallest absolute Gasteiger partial charge is 0.234 e. The van der Waals surface area contributed by atoms with Gasteiger partial charge in [-0.05, 0) is 12.8 Å². The van der Waals surface area contributed by atoms with E-state index >= 15 is 0 Å². The highest BCUT2D eigenvalue weighted by molar-refractivity contribution is 7.58. The van der Waals surface area contributed by atoms with Gasteiger partial charge in [-0.1, -0.05) is 26.7 Å². The third-order valence-corrected chi connectivity index (χ3v) is 4.97. The van der Waals surface area contributed by atoms with Gasteiger partial charge in [0.05, 0.1) is 27.7 Å². The Morgan fingerprint density at radius 1 is 1.10 bits per heavy atom. The van der Waals surface area contributed by atoms with Crippen LogP contribution in [-0.4, -0.2) is 56.2 Å². The van der Waals surface area contributed by atoms with E-state index in [0.717, 1.165) is 36.7 Å². The van der Waals surface area contributed by atoms with E-state index in [2.05, 4.69) is 30.9 Å². The lowest BCUT2D eigenvalue weighted by atomic mass is 10.4. The van der Waals surface area contributed by atoms with Crippen molar-refractivity contribution in [2.24, 2.45) is 0 Å². The quantitative estimate of drug-likeness (QED) is 0.288. The third kappa shape index (κ3) is 16.1. The largest absolute Gasteiger partial charge is 0.692 e. The summed E-state index contributed by atoms with van der Waals surface area (Å²) in [4.78, 5) is 0. The van der Waals surface area contributed by atoms with Gasteiger partial charge in [-0.2, -0.15) is 4.67 Å². The van der Waals surface area contributed by atoms with Gasteiger partial charge in [0, 0.05) is 12.3 Å². The van der Waals surface area contributed by atoms with Gasteiger partial charge in [0.15, 0.2) is 0 Å². The van der Waals surface area contributed by atoms with Crippen LogP contribution in [-0.2, 0) is 14.3 Å². The molecule has 1 N–H and O–H groups in total. The van der Waals surface area contributed by atoms with Crippen molar-refractivity contribution in [3.05, 3.63) is 0 Å². The minimum Gasteiger partial charge on any atom is -0.692 e. The van der Waals surface area contributed by atoms with Crippen LogP contribution in [0.5, 0.6) is 0 Å². The number of likely N-dealkylation sites (N-methyl/N-ethyl adjacent to an activating group) is 1. The standard InChI is InChI=1S/C8H19O4P.C5H14NO/c1-3-5-7-13(10,12-11-9)8-6-4-2;1-6(2,3)4-5-7/h9H,3-8H2,1-2H3;7H,4-5H2,1-3H3/q;+1/p-1. The molecule has 0 aromatic rings. The maximum Gasteiger partial charge on any atom is 0.234 e. The number of nitrogens with zero attached hydrogens (tertiary/aromatic N) is 1. The van der Waals surface area contributed by atoms with E-state index in [1.165, 1.54) is 0 Å². The van der Waals surface area contributed by atoms with Gasteiger partial charge in [0.1, 0.15) is 6.54 Å². The van der Waals surface area contributed by atoms with Crippen molar-refractivity contribution >= 4 is 7.37 Å². The van der Waals surface area contributed by atoms with Crippen molar-refractivity contribution in [1.82, 2.24) is 0 Å². The topological polar surface area (TPSA) is 78.8 Å². The Morgan fingerprint density at radius 3 is 1.75 bits per heavy atom. The number of aliphatic hydroxyl groups excluding tert-OH is 1. The van der Waals surface area contributed by atoms with E-state index in [1.54, 1.807) is 0 Å². The lowest BCUT2D eigenvalue weighted by Crippen LogP contribution is -2.36. The highest BCUT2D eigenvalue weighted by Gasteiger charge is 2.21. The van der Waals surface area contributed by atoms with Gasteiger partial charge in [-0.3, -0.25) is 9.60 Å². The van der Waals surface area contributed by atoms with Crippen LogP contribution in [0, 0.1) is 0 Å². The Kier molecular flexibility index (Phi) is 14.2. The second-order valence-electron chi connectivity index (χ2n) is 5.85. The molecule has 0 heterocycles. The molecule has 0 atom stereocenters. The van der Waals surface area contributed by atoms with Crippen molar-refractivity contribution < 1.29 is 29.1 Å². The molecule has 6 nitrogen and oxygen atoms in total. The maximum absolute atomic E-state index is 11.8. The van der Waals surface area contributed by atoms with E-state index in [1.807, 2.05) is 13.8 Å². The van der Waals surface area contributed by atoms with Crippen molar-refractivity contribution in [1.29, 1.82) is 0 Å². The number of hydrogen-bond acceptors (Lipinski definition) is 5. The number of quaternary nitrogens is 1. The van der Waals surface area contributed by atoms with E-state index < -0.39 is 7.37 Å². The van der Waals surface area contributed by atoms with Gasteiger partial charge in [-0.25, -0.2) is 0 Å². The molecule has 7 heteroatoms. The maximum atomic E-state index is 11.8.